The van der Waals surface area contributed by atoms with E-state index in [4.69, 9.17) is 0 Å². The third-order valence-corrected chi connectivity index (χ3v) is 3.72. The Morgan fingerprint density at radius 1 is 1.64 bits per heavy atom. The number of imidazole rings is 1. The number of hydrogen-bond acceptors (Lipinski definition) is 2. The predicted molar refractivity (Wildman–Crippen MR) is 58.0 cm³/mol. The van der Waals surface area contributed by atoms with Gasteiger partial charge in [0.25, 0.3) is 0 Å². The Balaban J connectivity index is 2.24. The molecule has 0 fully saturated rings. The molecule has 1 N–H and O–H groups in total. The molecule has 0 aromatic carbocycles. The van der Waals surface area contributed by atoms with Gasteiger partial charge in [-0.25, -0.2) is 4.98 Å². The summed E-state index contributed by atoms with van der Waals surface area (Å²) in [6.45, 7) is 4.73. The normalized spacial score (nSPS) is 22.1. The molecule has 1 aliphatic heterocycles. The largest absolute Gasteiger partial charge is 0.390 e. The minimum Gasteiger partial charge on any atom is -0.390 e. The maximum Gasteiger partial charge on any atom is 0.127 e. The molecule has 2 rings (SSSR count). The van der Waals surface area contributed by atoms with E-state index in [1.54, 1.807) is 0 Å². The lowest BCUT2D eigenvalue weighted by Gasteiger charge is -2.33. The van der Waals surface area contributed by atoms with Crippen molar-refractivity contribution in [3.8, 4) is 0 Å². The van der Waals surface area contributed by atoms with E-state index in [9.17, 15) is 5.11 Å². The topological polar surface area (TPSA) is 38.0 Å². The minimum atomic E-state index is -0.588. The minimum absolute atomic E-state index is 0.336. The van der Waals surface area contributed by atoms with Gasteiger partial charge < -0.3 is 9.67 Å². The Bertz CT molecular complexity index is 340. The molecule has 0 aliphatic carbocycles. The summed E-state index contributed by atoms with van der Waals surface area (Å²) in [5.74, 6) is 0.336. The van der Waals surface area contributed by atoms with E-state index in [0.717, 1.165) is 24.0 Å². The molecule has 0 bridgehead atoms. The molecular formula is C10H15BrN2O. The molecule has 1 aromatic rings. The van der Waals surface area contributed by atoms with Crippen molar-refractivity contribution in [1.29, 1.82) is 0 Å². The molecule has 14 heavy (non-hydrogen) atoms. The molecule has 1 aliphatic rings. The van der Waals surface area contributed by atoms with Gasteiger partial charge in [-0.05, 0) is 48.5 Å². The van der Waals surface area contributed by atoms with E-state index in [0.29, 0.717) is 5.92 Å². The number of halogens is 1. The SMILES string of the molecule is CC(C)(O)C1CCn2cnc(Br)c2C1. The number of aryl methyl sites for hydroxylation is 1. The number of nitrogens with zero attached hydrogens (tertiary/aromatic N) is 2. The van der Waals surface area contributed by atoms with Gasteiger partial charge in [0.15, 0.2) is 0 Å². The van der Waals surface area contributed by atoms with Gasteiger partial charge in [-0.15, -0.1) is 0 Å². The van der Waals surface area contributed by atoms with Crippen LogP contribution in [-0.2, 0) is 13.0 Å². The van der Waals surface area contributed by atoms with Crippen molar-refractivity contribution in [2.24, 2.45) is 5.92 Å². The van der Waals surface area contributed by atoms with Crippen LogP contribution >= 0.6 is 15.9 Å². The summed E-state index contributed by atoms with van der Waals surface area (Å²) in [4.78, 5) is 4.21. The highest BCUT2D eigenvalue weighted by molar-refractivity contribution is 9.10. The Kier molecular flexibility index (Phi) is 2.43. The maximum absolute atomic E-state index is 9.95. The zero-order valence-electron chi connectivity index (χ0n) is 8.50. The Morgan fingerprint density at radius 3 is 3.00 bits per heavy atom. The highest BCUT2D eigenvalue weighted by Gasteiger charge is 2.31. The zero-order chi connectivity index (χ0) is 10.3. The molecule has 0 saturated heterocycles. The van der Waals surface area contributed by atoms with Crippen LogP contribution in [-0.4, -0.2) is 20.3 Å². The van der Waals surface area contributed by atoms with Crippen molar-refractivity contribution in [3.63, 3.8) is 0 Å². The smallest absolute Gasteiger partial charge is 0.127 e. The van der Waals surface area contributed by atoms with Gasteiger partial charge in [0.1, 0.15) is 4.60 Å². The summed E-state index contributed by atoms with van der Waals surface area (Å²) < 4.78 is 3.08. The highest BCUT2D eigenvalue weighted by Crippen LogP contribution is 2.31. The molecular weight excluding hydrogens is 244 g/mol. The van der Waals surface area contributed by atoms with E-state index in [1.165, 1.54) is 5.69 Å². The van der Waals surface area contributed by atoms with Gasteiger partial charge in [-0.1, -0.05) is 0 Å². The van der Waals surface area contributed by atoms with Crippen molar-refractivity contribution < 1.29 is 5.11 Å². The first kappa shape index (κ1) is 10.2. The van der Waals surface area contributed by atoms with Crippen LogP contribution in [0.15, 0.2) is 10.9 Å². The second kappa shape index (κ2) is 3.35. The lowest BCUT2D eigenvalue weighted by atomic mass is 9.83. The van der Waals surface area contributed by atoms with Gasteiger partial charge in [-0.3, -0.25) is 0 Å². The summed E-state index contributed by atoms with van der Waals surface area (Å²) in [6, 6.07) is 0. The molecule has 2 heterocycles. The molecule has 0 amide bonds. The second-order valence-electron chi connectivity index (χ2n) is 4.52. The summed E-state index contributed by atoms with van der Waals surface area (Å²) in [7, 11) is 0. The molecule has 1 unspecified atom stereocenters. The zero-order valence-corrected chi connectivity index (χ0v) is 10.1. The van der Waals surface area contributed by atoms with Gasteiger partial charge in [-0.2, -0.15) is 0 Å². The Morgan fingerprint density at radius 2 is 2.36 bits per heavy atom. The van der Waals surface area contributed by atoms with Crippen molar-refractivity contribution >= 4 is 15.9 Å². The first-order valence-corrected chi connectivity index (χ1v) is 5.69. The molecule has 1 atom stereocenters. The van der Waals surface area contributed by atoms with Crippen molar-refractivity contribution in [3.05, 3.63) is 16.6 Å². The van der Waals surface area contributed by atoms with E-state index >= 15 is 0 Å². The van der Waals surface area contributed by atoms with Crippen molar-refractivity contribution in [2.45, 2.75) is 38.8 Å². The van der Waals surface area contributed by atoms with E-state index in [-0.39, 0.29) is 0 Å². The molecule has 78 valence electrons. The first-order valence-electron chi connectivity index (χ1n) is 4.90. The lowest BCUT2D eigenvalue weighted by molar-refractivity contribution is 0.00607. The fourth-order valence-corrected chi connectivity index (χ4v) is 2.49. The van der Waals surface area contributed by atoms with E-state index in [2.05, 4.69) is 25.5 Å². The Labute approximate surface area is 92.3 Å². The van der Waals surface area contributed by atoms with Crippen molar-refractivity contribution in [1.82, 2.24) is 9.55 Å². The van der Waals surface area contributed by atoms with Crippen LogP contribution in [0.4, 0.5) is 0 Å². The standard InChI is InChI=1S/C10H15BrN2O/c1-10(2,14)7-3-4-13-6-12-9(11)8(13)5-7/h6-7,14H,3-5H2,1-2H3. The average Bonchev–Trinajstić information content (AvgIpc) is 2.46. The fourth-order valence-electron chi connectivity index (χ4n) is 2.01. The quantitative estimate of drug-likeness (QED) is 0.837. The Hall–Kier alpha value is -0.350. The third kappa shape index (κ3) is 1.73. The van der Waals surface area contributed by atoms with Gasteiger partial charge >= 0.3 is 0 Å². The monoisotopic (exact) mass is 258 g/mol. The van der Waals surface area contributed by atoms with E-state index < -0.39 is 5.60 Å². The first-order chi connectivity index (χ1) is 6.48. The van der Waals surface area contributed by atoms with Crippen molar-refractivity contribution in [2.75, 3.05) is 0 Å². The number of aliphatic hydroxyl groups is 1. The third-order valence-electron chi connectivity index (χ3n) is 3.05. The molecule has 0 radical (unpaired) electrons. The number of rotatable bonds is 1. The van der Waals surface area contributed by atoms with Gasteiger partial charge in [0, 0.05) is 6.54 Å². The highest BCUT2D eigenvalue weighted by atomic mass is 79.9. The molecule has 4 heteroatoms. The van der Waals surface area contributed by atoms with Crippen LogP contribution < -0.4 is 0 Å². The summed E-state index contributed by atoms with van der Waals surface area (Å²) in [5, 5.41) is 9.95. The molecule has 0 saturated carbocycles. The lowest BCUT2D eigenvalue weighted by Crippen LogP contribution is -2.36. The number of fused-ring (bicyclic) bond motifs is 1. The fraction of sp³-hybridized carbons (Fsp3) is 0.700. The molecule has 0 spiro atoms. The average molecular weight is 259 g/mol. The summed E-state index contributed by atoms with van der Waals surface area (Å²) in [5.41, 5.74) is 0.623. The van der Waals surface area contributed by atoms with Crippen LogP contribution in [0.2, 0.25) is 0 Å². The van der Waals surface area contributed by atoms with E-state index in [1.807, 2.05) is 20.2 Å². The van der Waals surface area contributed by atoms with Gasteiger partial charge in [0.2, 0.25) is 0 Å². The maximum atomic E-state index is 9.95. The predicted octanol–water partition coefficient (Wildman–Crippen LogP) is 1.98. The second-order valence-corrected chi connectivity index (χ2v) is 5.27. The summed E-state index contributed by atoms with van der Waals surface area (Å²) in [6.07, 6.45) is 3.80. The van der Waals surface area contributed by atoms with Gasteiger partial charge in [0.05, 0.1) is 17.6 Å². The van der Waals surface area contributed by atoms with Crippen LogP contribution in [0.1, 0.15) is 26.0 Å². The summed E-state index contributed by atoms with van der Waals surface area (Å²) >= 11 is 3.43. The van der Waals surface area contributed by atoms with Crippen LogP contribution in [0.3, 0.4) is 0 Å². The van der Waals surface area contributed by atoms with Crippen LogP contribution in [0.25, 0.3) is 0 Å². The number of hydrogen-bond donors (Lipinski definition) is 1. The molecule has 1 aromatic heterocycles. The van der Waals surface area contributed by atoms with Crippen LogP contribution in [0.5, 0.6) is 0 Å². The van der Waals surface area contributed by atoms with Crippen LogP contribution in [0, 0.1) is 5.92 Å². The number of aromatic nitrogens is 2. The molecule has 3 nitrogen and oxygen atoms in total.